The van der Waals surface area contributed by atoms with Crippen LogP contribution in [0.3, 0.4) is 0 Å². The van der Waals surface area contributed by atoms with Crippen LogP contribution in [0.5, 0.6) is 0 Å². The molecule has 4 heteroatoms. The molecule has 4 nitrogen and oxygen atoms in total. The molecule has 0 saturated carbocycles. The number of carbonyl (C=O) groups is 2. The van der Waals surface area contributed by atoms with Crippen molar-refractivity contribution in [3.05, 3.63) is 70.3 Å². The highest BCUT2D eigenvalue weighted by molar-refractivity contribution is 5.96. The predicted octanol–water partition coefficient (Wildman–Crippen LogP) is 3.75. The van der Waals surface area contributed by atoms with Gasteiger partial charge in [-0.2, -0.15) is 0 Å². The molecule has 0 aliphatic carbocycles. The summed E-state index contributed by atoms with van der Waals surface area (Å²) in [7, 11) is 0. The quantitative estimate of drug-likeness (QED) is 0.776. The van der Waals surface area contributed by atoms with Gasteiger partial charge in [0.05, 0.1) is 11.6 Å². The van der Waals surface area contributed by atoms with Crippen molar-refractivity contribution in [2.24, 2.45) is 0 Å². The maximum atomic E-state index is 13.1. The number of esters is 1. The van der Waals surface area contributed by atoms with Gasteiger partial charge in [-0.05, 0) is 55.0 Å². The molecule has 2 atom stereocenters. The Labute approximate surface area is 153 Å². The third-order valence-electron chi connectivity index (χ3n) is 5.62. The molecule has 0 spiro atoms. The second-order valence-electron chi connectivity index (χ2n) is 7.29. The standard InChI is InChI=1S/C22H23NO3/c1-14-9-10-17(12-15(14)2)19-8-5-11-23(19)21(24)20-13-16-6-3-4-7-18(16)22(25)26-20/h3-4,6-7,9-10,12,19-20H,5,8,11,13H2,1-2H3/t19-,20+/m0/s1. The van der Waals surface area contributed by atoms with Gasteiger partial charge in [-0.1, -0.05) is 36.4 Å². The molecule has 2 aliphatic heterocycles. The molecule has 0 N–H and O–H groups in total. The van der Waals surface area contributed by atoms with Gasteiger partial charge in [0.1, 0.15) is 0 Å². The number of nitrogens with zero attached hydrogens (tertiary/aromatic N) is 1. The Kier molecular flexibility index (Phi) is 4.27. The van der Waals surface area contributed by atoms with Crippen LogP contribution in [0.15, 0.2) is 42.5 Å². The van der Waals surface area contributed by atoms with E-state index in [2.05, 4.69) is 32.0 Å². The highest BCUT2D eigenvalue weighted by atomic mass is 16.5. The van der Waals surface area contributed by atoms with E-state index in [9.17, 15) is 9.59 Å². The van der Waals surface area contributed by atoms with Crippen LogP contribution in [0.1, 0.15) is 51.5 Å². The average Bonchev–Trinajstić information content (AvgIpc) is 3.13. The van der Waals surface area contributed by atoms with Gasteiger partial charge in [-0.3, -0.25) is 4.79 Å². The summed E-state index contributed by atoms with van der Waals surface area (Å²) in [6.07, 6.45) is 1.66. The Morgan fingerprint density at radius 1 is 1.12 bits per heavy atom. The number of hydrogen-bond acceptors (Lipinski definition) is 3. The van der Waals surface area contributed by atoms with Gasteiger partial charge in [-0.25, -0.2) is 4.79 Å². The third kappa shape index (κ3) is 2.90. The van der Waals surface area contributed by atoms with Gasteiger partial charge < -0.3 is 9.64 Å². The molecule has 0 bridgehead atoms. The zero-order valence-electron chi connectivity index (χ0n) is 15.2. The molecule has 26 heavy (non-hydrogen) atoms. The summed E-state index contributed by atoms with van der Waals surface area (Å²) in [4.78, 5) is 27.3. The van der Waals surface area contributed by atoms with E-state index >= 15 is 0 Å². The average molecular weight is 349 g/mol. The van der Waals surface area contributed by atoms with Crippen molar-refractivity contribution in [2.75, 3.05) is 6.54 Å². The minimum Gasteiger partial charge on any atom is -0.448 e. The van der Waals surface area contributed by atoms with Crippen LogP contribution < -0.4 is 0 Å². The van der Waals surface area contributed by atoms with Crippen molar-refractivity contribution in [3.8, 4) is 0 Å². The fourth-order valence-electron chi connectivity index (χ4n) is 4.00. The molecule has 0 aromatic heterocycles. The lowest BCUT2D eigenvalue weighted by Gasteiger charge is -2.31. The minimum absolute atomic E-state index is 0.0673. The van der Waals surface area contributed by atoms with Crippen LogP contribution in [0, 0.1) is 13.8 Å². The summed E-state index contributed by atoms with van der Waals surface area (Å²) in [5.74, 6) is -0.472. The number of cyclic esters (lactones) is 1. The number of benzene rings is 2. The number of hydrogen-bond donors (Lipinski definition) is 0. The number of ether oxygens (including phenoxy) is 1. The molecule has 0 radical (unpaired) electrons. The van der Waals surface area contributed by atoms with Gasteiger partial charge in [-0.15, -0.1) is 0 Å². The van der Waals surface area contributed by atoms with Crippen molar-refractivity contribution in [2.45, 2.75) is 45.3 Å². The molecular formula is C22H23NO3. The lowest BCUT2D eigenvalue weighted by molar-refractivity contribution is -0.142. The SMILES string of the molecule is Cc1ccc([C@@H]2CCCN2C(=O)[C@H]2Cc3ccccc3C(=O)O2)cc1C. The zero-order valence-corrected chi connectivity index (χ0v) is 15.2. The van der Waals surface area contributed by atoms with E-state index in [0.29, 0.717) is 18.5 Å². The molecule has 2 aromatic rings. The maximum Gasteiger partial charge on any atom is 0.339 e. The van der Waals surface area contributed by atoms with Crippen molar-refractivity contribution in [3.63, 3.8) is 0 Å². The predicted molar refractivity (Wildman–Crippen MR) is 99.0 cm³/mol. The Bertz CT molecular complexity index is 873. The normalized spacial score (nSPS) is 22.1. The topological polar surface area (TPSA) is 46.6 Å². The molecule has 2 aliphatic rings. The van der Waals surface area contributed by atoms with Crippen LogP contribution >= 0.6 is 0 Å². The fraction of sp³-hybridized carbons (Fsp3) is 0.364. The second kappa shape index (κ2) is 6.60. The summed E-state index contributed by atoms with van der Waals surface area (Å²) in [5.41, 5.74) is 5.12. The highest BCUT2D eigenvalue weighted by Gasteiger charge is 2.38. The number of amides is 1. The van der Waals surface area contributed by atoms with Crippen LogP contribution in [-0.2, 0) is 16.0 Å². The molecule has 1 amide bonds. The first kappa shape index (κ1) is 16.8. The van der Waals surface area contributed by atoms with Crippen molar-refractivity contribution in [1.82, 2.24) is 4.90 Å². The first-order valence-electron chi connectivity index (χ1n) is 9.21. The molecule has 2 aromatic carbocycles. The Hall–Kier alpha value is -2.62. The summed E-state index contributed by atoms with van der Waals surface area (Å²) < 4.78 is 5.48. The lowest BCUT2D eigenvalue weighted by atomic mass is 9.96. The number of likely N-dealkylation sites (tertiary alicyclic amines) is 1. The van der Waals surface area contributed by atoms with Gasteiger partial charge in [0.15, 0.2) is 6.10 Å². The molecule has 1 saturated heterocycles. The lowest BCUT2D eigenvalue weighted by Crippen LogP contribution is -2.44. The van der Waals surface area contributed by atoms with E-state index in [-0.39, 0.29) is 11.9 Å². The Morgan fingerprint density at radius 3 is 2.73 bits per heavy atom. The van der Waals surface area contributed by atoms with Crippen LogP contribution in [0.25, 0.3) is 0 Å². The number of carbonyl (C=O) groups excluding carboxylic acids is 2. The second-order valence-corrected chi connectivity index (χ2v) is 7.29. The van der Waals surface area contributed by atoms with Crippen molar-refractivity contribution >= 4 is 11.9 Å². The van der Waals surface area contributed by atoms with Crippen LogP contribution in [0.2, 0.25) is 0 Å². The van der Waals surface area contributed by atoms with Gasteiger partial charge in [0.25, 0.3) is 5.91 Å². The van der Waals surface area contributed by atoms with E-state index in [1.807, 2.05) is 23.1 Å². The fourth-order valence-corrected chi connectivity index (χ4v) is 4.00. The van der Waals surface area contributed by atoms with E-state index in [0.717, 1.165) is 18.4 Å². The molecule has 0 unspecified atom stereocenters. The largest absolute Gasteiger partial charge is 0.448 e. The van der Waals surface area contributed by atoms with E-state index < -0.39 is 12.1 Å². The summed E-state index contributed by atoms with van der Waals surface area (Å²) >= 11 is 0. The molecule has 2 heterocycles. The van der Waals surface area contributed by atoms with Gasteiger partial charge in [0.2, 0.25) is 0 Å². The minimum atomic E-state index is -0.718. The van der Waals surface area contributed by atoms with Gasteiger partial charge >= 0.3 is 5.97 Å². The monoisotopic (exact) mass is 349 g/mol. The van der Waals surface area contributed by atoms with E-state index in [1.54, 1.807) is 6.07 Å². The third-order valence-corrected chi connectivity index (χ3v) is 5.62. The maximum absolute atomic E-state index is 13.1. The molecule has 4 rings (SSSR count). The molecular weight excluding hydrogens is 326 g/mol. The summed E-state index contributed by atoms with van der Waals surface area (Å²) in [6, 6.07) is 13.8. The van der Waals surface area contributed by atoms with Gasteiger partial charge in [0, 0.05) is 13.0 Å². The number of rotatable bonds is 2. The van der Waals surface area contributed by atoms with Crippen LogP contribution in [-0.4, -0.2) is 29.4 Å². The smallest absolute Gasteiger partial charge is 0.339 e. The summed E-state index contributed by atoms with van der Waals surface area (Å²) in [5, 5.41) is 0. The van der Waals surface area contributed by atoms with E-state index in [1.165, 1.54) is 16.7 Å². The summed E-state index contributed by atoms with van der Waals surface area (Å²) in [6.45, 7) is 4.90. The van der Waals surface area contributed by atoms with Crippen LogP contribution in [0.4, 0.5) is 0 Å². The molecule has 1 fully saturated rings. The van der Waals surface area contributed by atoms with Crippen molar-refractivity contribution < 1.29 is 14.3 Å². The Morgan fingerprint density at radius 2 is 1.92 bits per heavy atom. The number of fused-ring (bicyclic) bond motifs is 1. The first-order chi connectivity index (χ1) is 12.5. The Balaban J connectivity index is 1.57. The molecule has 134 valence electrons. The van der Waals surface area contributed by atoms with E-state index in [4.69, 9.17) is 4.74 Å². The van der Waals surface area contributed by atoms with Crippen molar-refractivity contribution in [1.29, 1.82) is 0 Å². The number of aryl methyl sites for hydroxylation is 2. The highest BCUT2D eigenvalue weighted by Crippen LogP contribution is 2.34. The first-order valence-corrected chi connectivity index (χ1v) is 9.21. The zero-order chi connectivity index (χ0) is 18.3.